The minimum Gasteiger partial charge on any atom is -0.368 e. The predicted molar refractivity (Wildman–Crippen MR) is 97.0 cm³/mol. The molecule has 6 nitrogen and oxygen atoms in total. The lowest BCUT2D eigenvalue weighted by atomic mass is 10.2. The topological polar surface area (TPSA) is 53.7 Å². The number of rotatable bonds is 2. The third-order valence-electron chi connectivity index (χ3n) is 4.72. The summed E-state index contributed by atoms with van der Waals surface area (Å²) in [4.78, 5) is 21.5. The number of carbonyl (C=O) groups excluding carboxylic acids is 1. The molecule has 25 heavy (non-hydrogen) atoms. The van der Waals surface area contributed by atoms with Crippen molar-refractivity contribution in [1.29, 1.82) is 0 Å². The predicted octanol–water partition coefficient (Wildman–Crippen LogP) is 2.31. The van der Waals surface area contributed by atoms with Crippen LogP contribution in [0.4, 0.5) is 5.69 Å². The van der Waals surface area contributed by atoms with Gasteiger partial charge < -0.3 is 9.80 Å². The lowest BCUT2D eigenvalue weighted by Crippen LogP contribution is -2.49. The van der Waals surface area contributed by atoms with Crippen molar-refractivity contribution in [2.75, 3.05) is 31.1 Å². The zero-order valence-electron chi connectivity index (χ0n) is 14.5. The van der Waals surface area contributed by atoms with Crippen molar-refractivity contribution in [2.45, 2.75) is 13.8 Å². The van der Waals surface area contributed by atoms with Crippen LogP contribution in [-0.2, 0) is 0 Å². The van der Waals surface area contributed by atoms with Crippen LogP contribution < -0.4 is 4.90 Å². The van der Waals surface area contributed by atoms with Gasteiger partial charge in [0.1, 0.15) is 5.69 Å². The molecular weight excluding hydrogens is 314 g/mol. The van der Waals surface area contributed by atoms with E-state index in [-0.39, 0.29) is 5.91 Å². The van der Waals surface area contributed by atoms with Gasteiger partial charge in [-0.05, 0) is 32.0 Å². The zero-order valence-corrected chi connectivity index (χ0v) is 14.5. The van der Waals surface area contributed by atoms with E-state index in [2.05, 4.69) is 46.2 Å². The summed E-state index contributed by atoms with van der Waals surface area (Å²) in [5.41, 5.74) is 4.59. The van der Waals surface area contributed by atoms with Gasteiger partial charge in [-0.1, -0.05) is 17.7 Å². The van der Waals surface area contributed by atoms with E-state index in [9.17, 15) is 4.79 Å². The van der Waals surface area contributed by atoms with Gasteiger partial charge in [-0.15, -0.1) is 0 Å². The molecule has 0 atom stereocenters. The number of benzene rings is 1. The molecule has 3 heterocycles. The molecule has 0 bridgehead atoms. The Kier molecular flexibility index (Phi) is 3.87. The number of nitrogens with zero attached hydrogens (tertiary/aromatic N) is 5. The first-order valence-corrected chi connectivity index (χ1v) is 8.54. The maximum Gasteiger partial charge on any atom is 0.272 e. The molecule has 0 spiro atoms. The first kappa shape index (κ1) is 15.6. The number of hydrogen-bond donors (Lipinski definition) is 0. The van der Waals surface area contributed by atoms with Crippen molar-refractivity contribution < 1.29 is 4.79 Å². The van der Waals surface area contributed by atoms with Gasteiger partial charge in [-0.3, -0.25) is 4.79 Å². The third-order valence-corrected chi connectivity index (χ3v) is 4.72. The molecule has 128 valence electrons. The minimum atomic E-state index is -0.00430. The summed E-state index contributed by atoms with van der Waals surface area (Å²) in [6, 6.07) is 12.2. The van der Waals surface area contributed by atoms with Crippen LogP contribution in [0.2, 0.25) is 0 Å². The maximum atomic E-state index is 12.8. The average Bonchev–Trinajstić information content (AvgIpc) is 3.11. The summed E-state index contributed by atoms with van der Waals surface area (Å²) in [5.74, 6) is -0.00430. The molecule has 3 aromatic rings. The quantitative estimate of drug-likeness (QED) is 0.721. The summed E-state index contributed by atoms with van der Waals surface area (Å²) in [5, 5.41) is 4.20. The third kappa shape index (κ3) is 2.95. The molecule has 1 saturated heterocycles. The van der Waals surface area contributed by atoms with Crippen LogP contribution in [-0.4, -0.2) is 51.6 Å². The van der Waals surface area contributed by atoms with E-state index in [1.54, 1.807) is 10.7 Å². The fraction of sp³-hybridized carbons (Fsp3) is 0.316. The first-order valence-electron chi connectivity index (χ1n) is 8.54. The molecule has 6 heteroatoms. The van der Waals surface area contributed by atoms with E-state index in [1.165, 1.54) is 11.3 Å². The van der Waals surface area contributed by atoms with Gasteiger partial charge in [0.05, 0.1) is 6.20 Å². The lowest BCUT2D eigenvalue weighted by molar-refractivity contribution is 0.0741. The monoisotopic (exact) mass is 335 g/mol. The fourth-order valence-corrected chi connectivity index (χ4v) is 3.26. The molecule has 1 amide bonds. The Balaban J connectivity index is 1.47. The van der Waals surface area contributed by atoms with Crippen molar-refractivity contribution in [3.63, 3.8) is 0 Å². The highest BCUT2D eigenvalue weighted by Gasteiger charge is 2.23. The van der Waals surface area contributed by atoms with Gasteiger partial charge >= 0.3 is 0 Å². The molecular formula is C19H21N5O. The molecule has 1 aliphatic rings. The Morgan fingerprint density at radius 1 is 1.00 bits per heavy atom. The van der Waals surface area contributed by atoms with Gasteiger partial charge in [0.15, 0.2) is 5.65 Å². The number of anilines is 1. The Hall–Kier alpha value is -2.89. The highest BCUT2D eigenvalue weighted by atomic mass is 16.2. The summed E-state index contributed by atoms with van der Waals surface area (Å²) in [6.07, 6.45) is 1.70. The Morgan fingerprint density at radius 3 is 2.44 bits per heavy atom. The number of aryl methyl sites for hydroxylation is 2. The standard InChI is InChI=1S/C19H21N5O/c1-14-3-5-16(6-4-14)22-9-11-23(12-10-22)19(25)17-13-15(2)24-18(21-17)7-8-20-24/h3-8,13H,9-12H2,1-2H3. The molecule has 0 radical (unpaired) electrons. The van der Waals surface area contributed by atoms with Crippen LogP contribution in [0.25, 0.3) is 5.65 Å². The second-order valence-corrected chi connectivity index (χ2v) is 6.50. The fourth-order valence-electron chi connectivity index (χ4n) is 3.26. The van der Waals surface area contributed by atoms with Crippen molar-refractivity contribution in [3.8, 4) is 0 Å². The van der Waals surface area contributed by atoms with E-state index < -0.39 is 0 Å². The van der Waals surface area contributed by atoms with Crippen LogP contribution >= 0.6 is 0 Å². The molecule has 1 aliphatic heterocycles. The van der Waals surface area contributed by atoms with Crippen LogP contribution in [0, 0.1) is 13.8 Å². The van der Waals surface area contributed by atoms with E-state index in [0.29, 0.717) is 24.4 Å². The molecule has 4 rings (SSSR count). The highest BCUT2D eigenvalue weighted by Crippen LogP contribution is 2.18. The van der Waals surface area contributed by atoms with E-state index in [0.717, 1.165) is 18.8 Å². The van der Waals surface area contributed by atoms with Crippen molar-refractivity contribution in [2.24, 2.45) is 0 Å². The molecule has 0 aliphatic carbocycles. The van der Waals surface area contributed by atoms with Crippen molar-refractivity contribution in [1.82, 2.24) is 19.5 Å². The Bertz CT molecular complexity index is 907. The highest BCUT2D eigenvalue weighted by molar-refractivity contribution is 5.93. The normalized spacial score (nSPS) is 15.0. The van der Waals surface area contributed by atoms with Crippen LogP contribution in [0.15, 0.2) is 42.6 Å². The molecule has 2 aromatic heterocycles. The van der Waals surface area contributed by atoms with Crippen molar-refractivity contribution in [3.05, 3.63) is 59.5 Å². The largest absolute Gasteiger partial charge is 0.368 e. The SMILES string of the molecule is Cc1ccc(N2CCN(C(=O)c3cc(C)n4nccc4n3)CC2)cc1. The molecule has 0 saturated carbocycles. The lowest BCUT2D eigenvalue weighted by Gasteiger charge is -2.36. The van der Waals surface area contributed by atoms with Gasteiger partial charge in [-0.2, -0.15) is 5.10 Å². The van der Waals surface area contributed by atoms with Crippen LogP contribution in [0.3, 0.4) is 0 Å². The number of piperazine rings is 1. The smallest absolute Gasteiger partial charge is 0.272 e. The number of hydrogen-bond acceptors (Lipinski definition) is 4. The second kappa shape index (κ2) is 6.20. The average molecular weight is 335 g/mol. The second-order valence-electron chi connectivity index (χ2n) is 6.50. The number of amides is 1. The summed E-state index contributed by atoms with van der Waals surface area (Å²) < 4.78 is 1.74. The molecule has 1 aromatic carbocycles. The molecule has 1 fully saturated rings. The van der Waals surface area contributed by atoms with Crippen LogP contribution in [0.1, 0.15) is 21.7 Å². The Labute approximate surface area is 146 Å². The first-order chi connectivity index (χ1) is 12.1. The maximum absolute atomic E-state index is 12.8. The zero-order chi connectivity index (χ0) is 17.4. The van der Waals surface area contributed by atoms with Gasteiger partial charge in [-0.25, -0.2) is 9.50 Å². The summed E-state index contributed by atoms with van der Waals surface area (Å²) in [6.45, 7) is 7.11. The summed E-state index contributed by atoms with van der Waals surface area (Å²) >= 11 is 0. The molecule has 0 N–H and O–H groups in total. The van der Waals surface area contributed by atoms with Gasteiger partial charge in [0.25, 0.3) is 5.91 Å². The Morgan fingerprint density at radius 2 is 1.72 bits per heavy atom. The minimum absolute atomic E-state index is 0.00430. The van der Waals surface area contributed by atoms with E-state index >= 15 is 0 Å². The number of fused-ring (bicyclic) bond motifs is 1. The number of aromatic nitrogens is 3. The van der Waals surface area contributed by atoms with E-state index in [1.807, 2.05) is 24.0 Å². The van der Waals surface area contributed by atoms with Crippen LogP contribution in [0.5, 0.6) is 0 Å². The van der Waals surface area contributed by atoms with Gasteiger partial charge in [0, 0.05) is 43.6 Å². The van der Waals surface area contributed by atoms with Crippen molar-refractivity contribution >= 4 is 17.2 Å². The van der Waals surface area contributed by atoms with Gasteiger partial charge in [0.2, 0.25) is 0 Å². The number of carbonyl (C=O) groups is 1. The van der Waals surface area contributed by atoms with E-state index in [4.69, 9.17) is 0 Å². The summed E-state index contributed by atoms with van der Waals surface area (Å²) in [7, 11) is 0. The molecule has 0 unspecified atom stereocenters.